The number of benzene rings is 1. The van der Waals surface area contributed by atoms with E-state index in [9.17, 15) is 4.79 Å². The summed E-state index contributed by atoms with van der Waals surface area (Å²) in [5, 5.41) is 0. The predicted molar refractivity (Wildman–Crippen MR) is 81.3 cm³/mol. The zero-order valence-electron chi connectivity index (χ0n) is 12.9. The van der Waals surface area contributed by atoms with Crippen LogP contribution in [-0.4, -0.2) is 37.1 Å². The minimum absolute atomic E-state index is 0.0757. The van der Waals surface area contributed by atoms with Gasteiger partial charge in [0.1, 0.15) is 13.2 Å². The van der Waals surface area contributed by atoms with Gasteiger partial charge in [-0.3, -0.25) is 4.79 Å². The van der Waals surface area contributed by atoms with Crippen LogP contribution in [0.4, 0.5) is 0 Å². The first-order chi connectivity index (χ1) is 10.2. The molecule has 1 fully saturated rings. The summed E-state index contributed by atoms with van der Waals surface area (Å²) in [7, 11) is 0. The maximum Gasteiger partial charge on any atom is 0.257 e. The van der Waals surface area contributed by atoms with Gasteiger partial charge in [0.15, 0.2) is 11.5 Å². The van der Waals surface area contributed by atoms with Crippen LogP contribution in [0.3, 0.4) is 0 Å². The lowest BCUT2D eigenvalue weighted by Crippen LogP contribution is -2.36. The molecule has 3 rings (SSSR count). The molecule has 1 amide bonds. The quantitative estimate of drug-likeness (QED) is 0.839. The molecule has 0 radical (unpaired) electrons. The molecular formula is C17H23NO3. The average Bonchev–Trinajstić information content (AvgIpc) is 2.54. The third kappa shape index (κ3) is 2.71. The van der Waals surface area contributed by atoms with E-state index in [-0.39, 0.29) is 5.91 Å². The molecule has 2 heterocycles. The molecule has 0 bridgehead atoms. The van der Waals surface area contributed by atoms with Crippen molar-refractivity contribution >= 4 is 5.91 Å². The van der Waals surface area contributed by atoms with Crippen molar-refractivity contribution in [2.75, 3.05) is 26.3 Å². The van der Waals surface area contributed by atoms with Gasteiger partial charge in [-0.2, -0.15) is 0 Å². The molecule has 2 aliphatic rings. The number of piperidine rings is 1. The number of ether oxygens (including phenoxy) is 2. The highest BCUT2D eigenvalue weighted by atomic mass is 16.6. The van der Waals surface area contributed by atoms with E-state index in [4.69, 9.17) is 9.47 Å². The van der Waals surface area contributed by atoms with Crippen molar-refractivity contribution in [1.82, 2.24) is 4.90 Å². The third-order valence-electron chi connectivity index (χ3n) is 4.21. The van der Waals surface area contributed by atoms with Crippen molar-refractivity contribution < 1.29 is 14.3 Å². The van der Waals surface area contributed by atoms with Gasteiger partial charge in [-0.15, -0.1) is 0 Å². The second kappa shape index (κ2) is 5.96. The van der Waals surface area contributed by atoms with Gasteiger partial charge in [0.05, 0.1) is 5.56 Å². The molecule has 1 saturated heterocycles. The van der Waals surface area contributed by atoms with Crippen LogP contribution in [0.1, 0.15) is 54.9 Å². The van der Waals surface area contributed by atoms with Crippen molar-refractivity contribution in [1.29, 1.82) is 0 Å². The highest BCUT2D eigenvalue weighted by molar-refractivity contribution is 5.98. The molecule has 1 aromatic carbocycles. The van der Waals surface area contributed by atoms with Crippen molar-refractivity contribution in [3.63, 3.8) is 0 Å². The standard InChI is InChI=1S/C17H23NO3/c1-12(2)13-6-7-14(16-15(13)20-10-11-21-16)17(19)18-8-4-3-5-9-18/h6-7,12H,3-5,8-11H2,1-2H3. The van der Waals surface area contributed by atoms with Gasteiger partial charge in [-0.05, 0) is 31.2 Å². The summed E-state index contributed by atoms with van der Waals surface area (Å²) in [5.41, 5.74) is 1.76. The fourth-order valence-corrected chi connectivity index (χ4v) is 3.05. The summed E-state index contributed by atoms with van der Waals surface area (Å²) in [6.07, 6.45) is 3.40. The van der Waals surface area contributed by atoms with Crippen LogP contribution in [0, 0.1) is 0 Å². The Bertz CT molecular complexity index is 533. The number of amides is 1. The van der Waals surface area contributed by atoms with Crippen LogP contribution in [0.5, 0.6) is 11.5 Å². The van der Waals surface area contributed by atoms with Crippen molar-refractivity contribution in [2.45, 2.75) is 39.0 Å². The van der Waals surface area contributed by atoms with Crippen LogP contribution in [0.15, 0.2) is 12.1 Å². The van der Waals surface area contributed by atoms with Gasteiger partial charge >= 0.3 is 0 Å². The second-order valence-corrected chi connectivity index (χ2v) is 6.07. The number of hydrogen-bond acceptors (Lipinski definition) is 3. The van der Waals surface area contributed by atoms with E-state index in [0.717, 1.165) is 37.2 Å². The zero-order valence-corrected chi connectivity index (χ0v) is 12.9. The number of likely N-dealkylation sites (tertiary alicyclic amines) is 1. The first-order valence-corrected chi connectivity index (χ1v) is 7.90. The number of fused-ring (bicyclic) bond motifs is 1. The Morgan fingerprint density at radius 2 is 1.71 bits per heavy atom. The smallest absolute Gasteiger partial charge is 0.257 e. The molecule has 1 aromatic rings. The van der Waals surface area contributed by atoms with E-state index in [1.54, 1.807) is 0 Å². The first kappa shape index (κ1) is 14.2. The Balaban J connectivity index is 1.97. The summed E-state index contributed by atoms with van der Waals surface area (Å²) in [6, 6.07) is 3.91. The van der Waals surface area contributed by atoms with Crippen molar-refractivity contribution in [3.8, 4) is 11.5 Å². The lowest BCUT2D eigenvalue weighted by molar-refractivity contribution is 0.0713. The Labute approximate surface area is 126 Å². The molecule has 4 heteroatoms. The average molecular weight is 289 g/mol. The van der Waals surface area contributed by atoms with Gasteiger partial charge in [0, 0.05) is 18.7 Å². The van der Waals surface area contributed by atoms with Gasteiger partial charge in [-0.1, -0.05) is 19.9 Å². The van der Waals surface area contributed by atoms with Crippen LogP contribution >= 0.6 is 0 Å². The fourth-order valence-electron chi connectivity index (χ4n) is 3.05. The van der Waals surface area contributed by atoms with Gasteiger partial charge < -0.3 is 14.4 Å². The Hall–Kier alpha value is -1.71. The van der Waals surface area contributed by atoms with E-state index in [1.807, 2.05) is 17.0 Å². The number of carbonyl (C=O) groups excluding carboxylic acids is 1. The van der Waals surface area contributed by atoms with Crippen molar-refractivity contribution in [2.24, 2.45) is 0 Å². The maximum absolute atomic E-state index is 12.7. The van der Waals surface area contributed by atoms with E-state index >= 15 is 0 Å². The van der Waals surface area contributed by atoms with Gasteiger partial charge in [-0.25, -0.2) is 0 Å². The summed E-state index contributed by atoms with van der Waals surface area (Å²) in [4.78, 5) is 14.7. The molecule has 0 spiro atoms. The van der Waals surface area contributed by atoms with E-state index < -0.39 is 0 Å². The number of carbonyl (C=O) groups is 1. The lowest BCUT2D eigenvalue weighted by atomic mass is 9.98. The fraction of sp³-hybridized carbons (Fsp3) is 0.588. The first-order valence-electron chi connectivity index (χ1n) is 7.90. The monoisotopic (exact) mass is 289 g/mol. The Morgan fingerprint density at radius 1 is 1.05 bits per heavy atom. The van der Waals surface area contributed by atoms with Crippen LogP contribution in [0.25, 0.3) is 0 Å². The number of hydrogen-bond donors (Lipinski definition) is 0. The highest BCUT2D eigenvalue weighted by Gasteiger charge is 2.27. The molecule has 2 aliphatic heterocycles. The molecular weight excluding hydrogens is 266 g/mol. The van der Waals surface area contributed by atoms with Crippen LogP contribution in [0.2, 0.25) is 0 Å². The number of nitrogens with zero attached hydrogens (tertiary/aromatic N) is 1. The van der Waals surface area contributed by atoms with Crippen LogP contribution in [-0.2, 0) is 0 Å². The molecule has 0 unspecified atom stereocenters. The summed E-state index contributed by atoms with van der Waals surface area (Å²) >= 11 is 0. The molecule has 0 aliphatic carbocycles. The van der Waals surface area contributed by atoms with Crippen molar-refractivity contribution in [3.05, 3.63) is 23.3 Å². The molecule has 114 valence electrons. The zero-order chi connectivity index (χ0) is 14.8. The second-order valence-electron chi connectivity index (χ2n) is 6.07. The van der Waals surface area contributed by atoms with Gasteiger partial charge in [0.25, 0.3) is 5.91 Å². The normalized spacial score (nSPS) is 18.0. The largest absolute Gasteiger partial charge is 0.486 e. The Morgan fingerprint density at radius 3 is 2.38 bits per heavy atom. The van der Waals surface area contributed by atoms with Gasteiger partial charge in [0.2, 0.25) is 0 Å². The minimum Gasteiger partial charge on any atom is -0.486 e. The topological polar surface area (TPSA) is 38.8 Å². The molecule has 4 nitrogen and oxygen atoms in total. The molecule has 21 heavy (non-hydrogen) atoms. The molecule has 0 atom stereocenters. The van der Waals surface area contributed by atoms with E-state index in [1.165, 1.54) is 6.42 Å². The molecule has 0 aromatic heterocycles. The summed E-state index contributed by atoms with van der Waals surface area (Å²) in [6.45, 7) is 7.00. The van der Waals surface area contributed by atoms with E-state index in [2.05, 4.69) is 13.8 Å². The Kier molecular flexibility index (Phi) is 4.04. The highest BCUT2D eigenvalue weighted by Crippen LogP contribution is 2.41. The van der Waals surface area contributed by atoms with Crippen LogP contribution < -0.4 is 9.47 Å². The predicted octanol–water partition coefficient (Wildman–Crippen LogP) is 3.21. The van der Waals surface area contributed by atoms with E-state index in [0.29, 0.717) is 30.4 Å². The molecule has 0 saturated carbocycles. The molecule has 0 N–H and O–H groups in total. The lowest BCUT2D eigenvalue weighted by Gasteiger charge is -2.29. The summed E-state index contributed by atoms with van der Waals surface area (Å²) < 4.78 is 11.6. The third-order valence-corrected chi connectivity index (χ3v) is 4.21. The SMILES string of the molecule is CC(C)c1ccc(C(=O)N2CCCCC2)c2c1OCCO2. The maximum atomic E-state index is 12.7. The number of rotatable bonds is 2. The minimum atomic E-state index is 0.0757. The summed E-state index contributed by atoms with van der Waals surface area (Å²) in [5.74, 6) is 1.83.